The first-order valence-electron chi connectivity index (χ1n) is 7.45. The summed E-state index contributed by atoms with van der Waals surface area (Å²) in [4.78, 5) is 14.4. The van der Waals surface area contributed by atoms with Crippen molar-refractivity contribution in [3.8, 4) is 0 Å². The summed E-state index contributed by atoms with van der Waals surface area (Å²) in [5, 5.41) is 10.0. The van der Waals surface area contributed by atoms with Gasteiger partial charge in [-0.25, -0.2) is 0 Å². The molecule has 2 heterocycles. The number of carbonyl (C=O) groups is 1. The fraction of sp³-hybridized carbons (Fsp3) is 0.929. The fourth-order valence-corrected chi connectivity index (χ4v) is 3.99. The van der Waals surface area contributed by atoms with Crippen LogP contribution in [0.15, 0.2) is 0 Å². The Hall–Kier alpha value is -0.650. The number of amides is 1. The molecule has 1 aliphatic carbocycles. The van der Waals surface area contributed by atoms with E-state index in [9.17, 15) is 9.90 Å². The van der Waals surface area contributed by atoms with E-state index < -0.39 is 12.1 Å². The van der Waals surface area contributed by atoms with Crippen molar-refractivity contribution < 1.29 is 14.6 Å². The molecule has 3 N–H and O–H groups in total. The number of aliphatic hydroxyl groups is 1. The van der Waals surface area contributed by atoms with Crippen molar-refractivity contribution in [3.05, 3.63) is 0 Å². The smallest absolute Gasteiger partial charge is 0.240 e. The van der Waals surface area contributed by atoms with Gasteiger partial charge in [0.15, 0.2) is 0 Å². The Morgan fingerprint density at radius 2 is 2.11 bits per heavy atom. The number of rotatable bonds is 2. The molecule has 3 rings (SSSR count). The van der Waals surface area contributed by atoms with E-state index in [2.05, 4.69) is 6.92 Å². The monoisotopic (exact) mass is 268 g/mol. The van der Waals surface area contributed by atoms with Crippen molar-refractivity contribution in [2.45, 2.75) is 56.9 Å². The first-order valence-corrected chi connectivity index (χ1v) is 7.45. The molecule has 5 nitrogen and oxygen atoms in total. The quantitative estimate of drug-likeness (QED) is 0.745. The van der Waals surface area contributed by atoms with Crippen molar-refractivity contribution in [2.24, 2.45) is 17.6 Å². The summed E-state index contributed by atoms with van der Waals surface area (Å²) in [5.74, 6) is 0.610. The average molecular weight is 268 g/mol. The molecule has 0 spiro atoms. The predicted molar refractivity (Wildman–Crippen MR) is 70.3 cm³/mol. The van der Waals surface area contributed by atoms with Gasteiger partial charge < -0.3 is 20.5 Å². The number of nitrogens with two attached hydrogens (primary N) is 1. The topological polar surface area (TPSA) is 75.8 Å². The molecule has 0 aromatic heterocycles. The summed E-state index contributed by atoms with van der Waals surface area (Å²) in [6, 6.07) is -0.587. The van der Waals surface area contributed by atoms with Crippen molar-refractivity contribution in [1.29, 1.82) is 0 Å². The van der Waals surface area contributed by atoms with Gasteiger partial charge in [-0.15, -0.1) is 0 Å². The summed E-state index contributed by atoms with van der Waals surface area (Å²) in [5.41, 5.74) is 6.16. The molecular weight excluding hydrogens is 244 g/mol. The Kier molecular flexibility index (Phi) is 3.53. The zero-order chi connectivity index (χ0) is 13.6. The number of ether oxygens (including phenoxy) is 1. The minimum Gasteiger partial charge on any atom is -0.388 e. The molecule has 1 saturated carbocycles. The average Bonchev–Trinajstić information content (AvgIpc) is 3.08. The number of hydrogen-bond donors (Lipinski definition) is 2. The molecule has 0 bridgehead atoms. The lowest BCUT2D eigenvalue weighted by atomic mass is 9.97. The second kappa shape index (κ2) is 5.04. The van der Waals surface area contributed by atoms with Gasteiger partial charge in [0.25, 0.3) is 0 Å². The molecule has 19 heavy (non-hydrogen) atoms. The Morgan fingerprint density at radius 1 is 1.42 bits per heavy atom. The minimum atomic E-state index is -0.560. The standard InChI is InChI=1S/C14H24N2O3/c1-8-6-16(12-10(17)7-19-13(8)12)14(18)11(15)9-4-2-3-5-9/h8-13,17H,2-7,15H2,1H3/t8-,10-,11-,12+,13+/m0/s1. The maximum absolute atomic E-state index is 12.6. The summed E-state index contributed by atoms with van der Waals surface area (Å²) in [7, 11) is 0. The Morgan fingerprint density at radius 3 is 2.79 bits per heavy atom. The number of aliphatic hydroxyl groups excluding tert-OH is 1. The van der Waals surface area contributed by atoms with Crippen LogP contribution in [0.2, 0.25) is 0 Å². The Balaban J connectivity index is 1.72. The van der Waals surface area contributed by atoms with E-state index >= 15 is 0 Å². The zero-order valence-corrected chi connectivity index (χ0v) is 11.5. The van der Waals surface area contributed by atoms with Crippen LogP contribution in [0.4, 0.5) is 0 Å². The highest BCUT2D eigenvalue weighted by molar-refractivity contribution is 5.83. The number of hydrogen-bond acceptors (Lipinski definition) is 4. The van der Waals surface area contributed by atoms with Crippen LogP contribution in [0, 0.1) is 11.8 Å². The molecule has 1 amide bonds. The summed E-state index contributed by atoms with van der Waals surface area (Å²) >= 11 is 0. The van der Waals surface area contributed by atoms with Crippen LogP contribution in [0.1, 0.15) is 32.6 Å². The van der Waals surface area contributed by atoms with Gasteiger partial charge in [0.1, 0.15) is 6.10 Å². The lowest BCUT2D eigenvalue weighted by Crippen LogP contribution is -2.52. The van der Waals surface area contributed by atoms with Crippen molar-refractivity contribution in [1.82, 2.24) is 4.90 Å². The first kappa shape index (κ1) is 13.3. The van der Waals surface area contributed by atoms with E-state index in [0.29, 0.717) is 19.1 Å². The molecule has 5 atom stereocenters. The van der Waals surface area contributed by atoms with Gasteiger partial charge in [0, 0.05) is 12.5 Å². The Labute approximate surface area is 114 Å². The highest BCUT2D eigenvalue weighted by atomic mass is 16.5. The van der Waals surface area contributed by atoms with Crippen molar-refractivity contribution >= 4 is 5.91 Å². The molecule has 3 fully saturated rings. The predicted octanol–water partition coefficient (Wildman–Crippen LogP) is 0.111. The van der Waals surface area contributed by atoms with Gasteiger partial charge in [-0.05, 0) is 18.8 Å². The third-order valence-corrected chi connectivity index (χ3v) is 5.07. The van der Waals surface area contributed by atoms with Gasteiger partial charge in [0.05, 0.1) is 24.8 Å². The number of fused-ring (bicyclic) bond motifs is 1. The van der Waals surface area contributed by atoms with Gasteiger partial charge in [-0.3, -0.25) is 4.79 Å². The molecule has 0 aromatic carbocycles. The van der Waals surface area contributed by atoms with E-state index in [-0.39, 0.29) is 24.0 Å². The van der Waals surface area contributed by atoms with Gasteiger partial charge >= 0.3 is 0 Å². The normalized spacial score (nSPS) is 40.7. The third kappa shape index (κ3) is 2.18. The molecule has 0 radical (unpaired) electrons. The SMILES string of the molecule is C[C@H]1CN(C(=O)[C@@H](N)C2CCCC2)[C@H]2[C@@H]1OC[C@@H]2O. The molecule has 108 valence electrons. The molecular formula is C14H24N2O3. The van der Waals surface area contributed by atoms with E-state index in [1.807, 2.05) is 0 Å². The Bertz CT molecular complexity index is 357. The number of nitrogens with zero attached hydrogens (tertiary/aromatic N) is 1. The van der Waals surface area contributed by atoms with E-state index in [1.165, 1.54) is 12.8 Å². The molecule has 0 unspecified atom stereocenters. The van der Waals surface area contributed by atoms with Gasteiger partial charge in [-0.1, -0.05) is 19.8 Å². The maximum Gasteiger partial charge on any atom is 0.240 e. The van der Waals surface area contributed by atoms with Crippen LogP contribution < -0.4 is 5.73 Å². The maximum atomic E-state index is 12.6. The highest BCUT2D eigenvalue weighted by Crippen LogP contribution is 2.35. The first-order chi connectivity index (χ1) is 9.09. The molecule has 0 aromatic rings. The minimum absolute atomic E-state index is 0.0100. The van der Waals surface area contributed by atoms with Gasteiger partial charge in [0.2, 0.25) is 5.91 Å². The summed E-state index contributed by atoms with van der Waals surface area (Å²) in [6.07, 6.45) is 3.90. The van der Waals surface area contributed by atoms with E-state index in [0.717, 1.165) is 12.8 Å². The highest BCUT2D eigenvalue weighted by Gasteiger charge is 2.51. The van der Waals surface area contributed by atoms with Crippen LogP contribution >= 0.6 is 0 Å². The second-order valence-corrected chi connectivity index (χ2v) is 6.39. The molecule has 2 saturated heterocycles. The number of carbonyl (C=O) groups excluding carboxylic acids is 1. The third-order valence-electron chi connectivity index (χ3n) is 5.07. The number of likely N-dealkylation sites (tertiary alicyclic amines) is 1. The van der Waals surface area contributed by atoms with Crippen molar-refractivity contribution in [2.75, 3.05) is 13.2 Å². The molecule has 5 heteroatoms. The lowest BCUT2D eigenvalue weighted by Gasteiger charge is -2.30. The van der Waals surface area contributed by atoms with Crippen LogP contribution in [0.5, 0.6) is 0 Å². The van der Waals surface area contributed by atoms with E-state index in [1.54, 1.807) is 4.90 Å². The molecule has 3 aliphatic rings. The second-order valence-electron chi connectivity index (χ2n) is 6.39. The van der Waals surface area contributed by atoms with Gasteiger partial charge in [-0.2, -0.15) is 0 Å². The fourth-order valence-electron chi connectivity index (χ4n) is 3.99. The summed E-state index contributed by atoms with van der Waals surface area (Å²) in [6.45, 7) is 3.07. The van der Waals surface area contributed by atoms with Crippen LogP contribution in [0.3, 0.4) is 0 Å². The van der Waals surface area contributed by atoms with Crippen LogP contribution in [-0.4, -0.2) is 53.4 Å². The van der Waals surface area contributed by atoms with E-state index in [4.69, 9.17) is 10.5 Å². The van der Waals surface area contributed by atoms with Crippen LogP contribution in [-0.2, 0) is 9.53 Å². The lowest BCUT2D eigenvalue weighted by molar-refractivity contribution is -0.136. The van der Waals surface area contributed by atoms with Crippen molar-refractivity contribution in [3.63, 3.8) is 0 Å². The zero-order valence-electron chi connectivity index (χ0n) is 11.5. The largest absolute Gasteiger partial charge is 0.388 e. The summed E-state index contributed by atoms with van der Waals surface area (Å²) < 4.78 is 5.60. The molecule has 2 aliphatic heterocycles. The van der Waals surface area contributed by atoms with Crippen LogP contribution in [0.25, 0.3) is 0 Å².